The number of hydrogen-bond acceptors (Lipinski definition) is 2. The Morgan fingerprint density at radius 3 is 1.86 bits per heavy atom. The van der Waals surface area contributed by atoms with Gasteiger partial charge in [-0.15, -0.1) is 0 Å². The van der Waals surface area contributed by atoms with E-state index in [0.717, 1.165) is 6.54 Å². The van der Waals surface area contributed by atoms with Crippen molar-refractivity contribution >= 4 is 0 Å². The lowest BCUT2D eigenvalue weighted by Gasteiger charge is -2.33. The van der Waals surface area contributed by atoms with Gasteiger partial charge in [-0.2, -0.15) is 0 Å². The minimum Gasteiger partial charge on any atom is -0.352 e. The number of nitrogens with zero attached hydrogens (tertiary/aromatic N) is 2. The van der Waals surface area contributed by atoms with Crippen LogP contribution in [0.1, 0.15) is 70.5 Å². The molecule has 1 heterocycles. The van der Waals surface area contributed by atoms with Gasteiger partial charge in [0.1, 0.15) is 6.17 Å². The van der Waals surface area contributed by atoms with Gasteiger partial charge in [0.25, 0.3) is 0 Å². The third kappa shape index (κ3) is 4.79. The maximum atomic E-state index is 2.52. The quantitative estimate of drug-likeness (QED) is 0.523. The van der Waals surface area contributed by atoms with E-state index in [1.807, 2.05) is 0 Å². The molecule has 0 aromatic heterocycles. The van der Waals surface area contributed by atoms with Crippen molar-refractivity contribution in [2.24, 2.45) is 0 Å². The lowest BCUT2D eigenvalue weighted by atomic mass is 10.1. The first-order valence-electron chi connectivity index (χ1n) is 9.11. The fourth-order valence-corrected chi connectivity index (χ4v) is 3.19. The summed E-state index contributed by atoms with van der Waals surface area (Å²) in [5, 5.41) is 0. The molecule has 0 N–H and O–H groups in total. The molecular weight excluding hydrogens is 268 g/mol. The van der Waals surface area contributed by atoms with Crippen LogP contribution in [0.4, 0.5) is 0 Å². The molecule has 0 fully saturated rings. The van der Waals surface area contributed by atoms with Crippen LogP contribution in [0.5, 0.6) is 0 Å². The van der Waals surface area contributed by atoms with Crippen molar-refractivity contribution in [2.75, 3.05) is 13.1 Å². The van der Waals surface area contributed by atoms with Crippen LogP contribution in [0, 0.1) is 0 Å². The molecule has 0 bridgehead atoms. The van der Waals surface area contributed by atoms with E-state index in [4.69, 9.17) is 0 Å². The van der Waals surface area contributed by atoms with E-state index in [2.05, 4.69) is 66.4 Å². The Morgan fingerprint density at radius 2 is 1.27 bits per heavy atom. The molecule has 0 saturated carbocycles. The van der Waals surface area contributed by atoms with Crippen molar-refractivity contribution in [3.05, 3.63) is 48.3 Å². The van der Waals surface area contributed by atoms with Gasteiger partial charge in [-0.3, -0.25) is 0 Å². The van der Waals surface area contributed by atoms with Crippen molar-refractivity contribution < 1.29 is 0 Å². The molecule has 1 aromatic rings. The molecule has 0 spiro atoms. The molecule has 0 aliphatic carbocycles. The fourth-order valence-electron chi connectivity index (χ4n) is 3.19. The maximum absolute atomic E-state index is 2.52. The van der Waals surface area contributed by atoms with Crippen LogP contribution in [-0.4, -0.2) is 22.9 Å². The van der Waals surface area contributed by atoms with Crippen LogP contribution in [0.2, 0.25) is 0 Å². The first-order chi connectivity index (χ1) is 10.9. The SMILES string of the molecule is CCCCCCN1C=CN(CCCCC)C1c1ccccc1. The Kier molecular flexibility index (Phi) is 7.35. The summed E-state index contributed by atoms with van der Waals surface area (Å²) in [6, 6.07) is 11.0. The van der Waals surface area contributed by atoms with Crippen molar-refractivity contribution in [2.45, 2.75) is 65.0 Å². The van der Waals surface area contributed by atoms with E-state index in [9.17, 15) is 0 Å². The molecule has 2 rings (SSSR count). The average Bonchev–Trinajstić information content (AvgIpc) is 2.95. The van der Waals surface area contributed by atoms with Gasteiger partial charge >= 0.3 is 0 Å². The van der Waals surface area contributed by atoms with Gasteiger partial charge in [0.05, 0.1) is 0 Å². The molecule has 1 aromatic carbocycles. The Balaban J connectivity index is 1.97. The highest BCUT2D eigenvalue weighted by Gasteiger charge is 2.26. The smallest absolute Gasteiger partial charge is 0.127 e. The monoisotopic (exact) mass is 300 g/mol. The Morgan fingerprint density at radius 1 is 0.727 bits per heavy atom. The van der Waals surface area contributed by atoms with Gasteiger partial charge in [0.15, 0.2) is 0 Å². The zero-order valence-corrected chi connectivity index (χ0v) is 14.4. The van der Waals surface area contributed by atoms with Crippen LogP contribution in [0.15, 0.2) is 42.7 Å². The minimum absolute atomic E-state index is 0.402. The normalized spacial score (nSPS) is 17.5. The highest BCUT2D eigenvalue weighted by Crippen LogP contribution is 2.31. The molecule has 22 heavy (non-hydrogen) atoms. The number of benzene rings is 1. The zero-order chi connectivity index (χ0) is 15.6. The Bertz CT molecular complexity index is 427. The van der Waals surface area contributed by atoms with Crippen molar-refractivity contribution in [3.8, 4) is 0 Å². The van der Waals surface area contributed by atoms with Gasteiger partial charge in [-0.05, 0) is 18.4 Å². The van der Waals surface area contributed by atoms with Crippen LogP contribution in [0.25, 0.3) is 0 Å². The first-order valence-corrected chi connectivity index (χ1v) is 9.11. The molecule has 1 unspecified atom stereocenters. The van der Waals surface area contributed by atoms with Gasteiger partial charge in [-0.1, -0.05) is 76.3 Å². The summed E-state index contributed by atoms with van der Waals surface area (Å²) in [7, 11) is 0. The maximum Gasteiger partial charge on any atom is 0.127 e. The average molecular weight is 300 g/mol. The van der Waals surface area contributed by atoms with Crippen molar-refractivity contribution in [1.82, 2.24) is 9.80 Å². The summed E-state index contributed by atoms with van der Waals surface area (Å²) in [6.07, 6.45) is 14.2. The van der Waals surface area contributed by atoms with Gasteiger partial charge < -0.3 is 9.80 Å². The molecule has 0 saturated heterocycles. The van der Waals surface area contributed by atoms with Crippen LogP contribution < -0.4 is 0 Å². The van der Waals surface area contributed by atoms with Crippen LogP contribution in [0.3, 0.4) is 0 Å². The molecule has 2 nitrogen and oxygen atoms in total. The van der Waals surface area contributed by atoms with E-state index in [-0.39, 0.29) is 0 Å². The molecule has 1 aliphatic rings. The third-order valence-corrected chi connectivity index (χ3v) is 4.47. The Labute approximate surface area is 136 Å². The van der Waals surface area contributed by atoms with E-state index in [1.165, 1.54) is 57.1 Å². The summed E-state index contributed by atoms with van der Waals surface area (Å²) in [5.41, 5.74) is 1.42. The third-order valence-electron chi connectivity index (χ3n) is 4.47. The fraction of sp³-hybridized carbons (Fsp3) is 0.600. The molecule has 1 aliphatic heterocycles. The molecule has 0 radical (unpaired) electrons. The predicted molar refractivity (Wildman–Crippen MR) is 95.4 cm³/mol. The molecule has 1 atom stereocenters. The summed E-state index contributed by atoms with van der Waals surface area (Å²) in [6.45, 7) is 6.88. The lowest BCUT2D eigenvalue weighted by molar-refractivity contribution is 0.150. The summed E-state index contributed by atoms with van der Waals surface area (Å²) in [5.74, 6) is 0. The standard InChI is InChI=1S/C20H32N2/c1-3-5-7-12-16-22-18-17-21(15-11-6-4-2)20(22)19-13-9-8-10-14-19/h8-10,13-14,17-18,20H,3-7,11-12,15-16H2,1-2H3. The number of hydrogen-bond donors (Lipinski definition) is 0. The second-order valence-electron chi connectivity index (χ2n) is 6.33. The van der Waals surface area contributed by atoms with Gasteiger partial charge in [0.2, 0.25) is 0 Å². The molecule has 122 valence electrons. The van der Waals surface area contributed by atoms with E-state index in [1.54, 1.807) is 0 Å². The minimum atomic E-state index is 0.402. The predicted octanol–water partition coefficient (Wildman–Crippen LogP) is 5.54. The highest BCUT2D eigenvalue weighted by atomic mass is 15.4. The van der Waals surface area contributed by atoms with E-state index in [0.29, 0.717) is 6.17 Å². The van der Waals surface area contributed by atoms with Crippen molar-refractivity contribution in [3.63, 3.8) is 0 Å². The van der Waals surface area contributed by atoms with Crippen molar-refractivity contribution in [1.29, 1.82) is 0 Å². The first kappa shape index (κ1) is 16.9. The second-order valence-corrected chi connectivity index (χ2v) is 6.33. The highest BCUT2D eigenvalue weighted by molar-refractivity contribution is 5.21. The van der Waals surface area contributed by atoms with Crippen LogP contribution >= 0.6 is 0 Å². The Hall–Kier alpha value is -1.44. The van der Waals surface area contributed by atoms with Crippen LogP contribution in [-0.2, 0) is 0 Å². The molecule has 2 heteroatoms. The van der Waals surface area contributed by atoms with E-state index < -0.39 is 0 Å². The zero-order valence-electron chi connectivity index (χ0n) is 14.4. The lowest BCUT2D eigenvalue weighted by Crippen LogP contribution is -2.32. The van der Waals surface area contributed by atoms with Gasteiger partial charge in [-0.25, -0.2) is 0 Å². The summed E-state index contributed by atoms with van der Waals surface area (Å²) < 4.78 is 0. The summed E-state index contributed by atoms with van der Waals surface area (Å²) in [4.78, 5) is 5.04. The topological polar surface area (TPSA) is 6.48 Å². The second kappa shape index (κ2) is 9.55. The molecule has 0 amide bonds. The van der Waals surface area contributed by atoms with Gasteiger partial charge in [0, 0.05) is 25.5 Å². The molecular formula is C20H32N2. The largest absolute Gasteiger partial charge is 0.352 e. The van der Waals surface area contributed by atoms with E-state index >= 15 is 0 Å². The summed E-state index contributed by atoms with van der Waals surface area (Å²) >= 11 is 0. The number of rotatable bonds is 10. The number of unbranched alkanes of at least 4 members (excludes halogenated alkanes) is 5.